The quantitative estimate of drug-likeness (QED) is 0.819. The normalized spacial score (nSPS) is 25.8. The number of halogens is 2. The highest BCUT2D eigenvalue weighted by molar-refractivity contribution is 7.89. The molecular formula is C18H22F2N4O3S. The van der Waals surface area contributed by atoms with Gasteiger partial charge in [-0.05, 0) is 31.5 Å². The van der Waals surface area contributed by atoms with Crippen molar-refractivity contribution >= 4 is 10.0 Å². The molecule has 152 valence electrons. The summed E-state index contributed by atoms with van der Waals surface area (Å²) in [6.07, 6.45) is 1.41. The summed E-state index contributed by atoms with van der Waals surface area (Å²) >= 11 is 0. The first-order valence-corrected chi connectivity index (χ1v) is 10.8. The van der Waals surface area contributed by atoms with Crippen molar-refractivity contribution in [1.29, 1.82) is 0 Å². The molecular weight excluding hydrogens is 390 g/mol. The topological polar surface area (TPSA) is 90.5 Å². The number of nitrogens with two attached hydrogens (primary N) is 1. The molecule has 0 saturated carbocycles. The Kier molecular flexibility index (Phi) is 4.98. The van der Waals surface area contributed by atoms with Crippen LogP contribution in [0.3, 0.4) is 0 Å². The van der Waals surface area contributed by atoms with Gasteiger partial charge < -0.3 is 10.5 Å². The van der Waals surface area contributed by atoms with Gasteiger partial charge in [-0.25, -0.2) is 17.2 Å². The van der Waals surface area contributed by atoms with Crippen LogP contribution in [0.2, 0.25) is 0 Å². The van der Waals surface area contributed by atoms with Gasteiger partial charge in [-0.2, -0.15) is 9.19 Å². The van der Waals surface area contributed by atoms with Crippen molar-refractivity contribution in [3.05, 3.63) is 52.9 Å². The Labute approximate surface area is 162 Å². The molecule has 0 bridgehead atoms. The SMILES string of the molecule is CCS(=O)(=O)n1cc2c(n1)CN([C@H]1CO[C@H](c3cc(F)ccc3F)[C@@H](N)C1)C2. The molecule has 0 spiro atoms. The van der Waals surface area contributed by atoms with Gasteiger partial charge in [0.05, 0.1) is 18.1 Å². The average molecular weight is 412 g/mol. The standard InChI is InChI=1S/C18H22F2N4O3S/c1-2-28(25,26)24-8-11-7-23(9-17(11)22-24)13-6-16(21)18(27-10-13)14-5-12(19)3-4-15(14)20/h3-5,8,13,16,18H,2,6-7,9-10,21H2,1H3/t13-,16+,18-/m1/s1. The van der Waals surface area contributed by atoms with Gasteiger partial charge >= 0.3 is 0 Å². The van der Waals surface area contributed by atoms with Gasteiger partial charge in [0.15, 0.2) is 0 Å². The fourth-order valence-electron chi connectivity index (χ4n) is 3.84. The van der Waals surface area contributed by atoms with Crippen LogP contribution in [0.25, 0.3) is 0 Å². The predicted octanol–water partition coefficient (Wildman–Crippen LogP) is 1.53. The first-order valence-electron chi connectivity index (χ1n) is 9.15. The van der Waals surface area contributed by atoms with Crippen LogP contribution >= 0.6 is 0 Å². The molecule has 3 atom stereocenters. The van der Waals surface area contributed by atoms with Crippen molar-refractivity contribution in [2.24, 2.45) is 5.73 Å². The molecule has 2 aliphatic heterocycles. The van der Waals surface area contributed by atoms with E-state index in [4.69, 9.17) is 10.5 Å². The van der Waals surface area contributed by atoms with Crippen molar-refractivity contribution in [3.8, 4) is 0 Å². The lowest BCUT2D eigenvalue weighted by molar-refractivity contribution is -0.0533. The summed E-state index contributed by atoms with van der Waals surface area (Å²) < 4.78 is 58.3. The molecule has 10 heteroatoms. The van der Waals surface area contributed by atoms with E-state index in [-0.39, 0.29) is 17.4 Å². The molecule has 1 aromatic heterocycles. The fraction of sp³-hybridized carbons (Fsp3) is 0.500. The van der Waals surface area contributed by atoms with Gasteiger partial charge in [-0.3, -0.25) is 4.90 Å². The van der Waals surface area contributed by atoms with Gasteiger partial charge in [0.1, 0.15) is 17.7 Å². The maximum absolute atomic E-state index is 14.1. The minimum Gasteiger partial charge on any atom is -0.370 e. The Morgan fingerprint density at radius 3 is 2.79 bits per heavy atom. The van der Waals surface area contributed by atoms with Gasteiger partial charge in [0.25, 0.3) is 10.0 Å². The second kappa shape index (κ2) is 7.18. The average Bonchev–Trinajstić information content (AvgIpc) is 3.23. The van der Waals surface area contributed by atoms with Gasteiger partial charge in [-0.1, -0.05) is 0 Å². The van der Waals surface area contributed by atoms with Crippen LogP contribution < -0.4 is 5.73 Å². The molecule has 1 aromatic carbocycles. The van der Waals surface area contributed by atoms with E-state index in [0.29, 0.717) is 26.1 Å². The number of hydrogen-bond donors (Lipinski definition) is 1. The number of nitrogens with zero attached hydrogens (tertiary/aromatic N) is 3. The van der Waals surface area contributed by atoms with E-state index in [9.17, 15) is 17.2 Å². The second-order valence-electron chi connectivity index (χ2n) is 7.25. The van der Waals surface area contributed by atoms with Gasteiger partial charge in [0, 0.05) is 42.5 Å². The highest BCUT2D eigenvalue weighted by Crippen LogP contribution is 2.34. The predicted molar refractivity (Wildman–Crippen MR) is 97.8 cm³/mol. The van der Waals surface area contributed by atoms with Crippen LogP contribution in [0.4, 0.5) is 8.78 Å². The van der Waals surface area contributed by atoms with E-state index in [0.717, 1.165) is 33.5 Å². The molecule has 7 nitrogen and oxygen atoms in total. The molecule has 3 heterocycles. The van der Waals surface area contributed by atoms with Crippen molar-refractivity contribution in [2.75, 3.05) is 12.4 Å². The summed E-state index contributed by atoms with van der Waals surface area (Å²) in [6.45, 7) is 2.95. The molecule has 4 rings (SSSR count). The van der Waals surface area contributed by atoms with Crippen LogP contribution in [-0.2, 0) is 27.8 Å². The van der Waals surface area contributed by atoms with E-state index in [1.54, 1.807) is 13.1 Å². The molecule has 2 aliphatic rings. The van der Waals surface area contributed by atoms with Crippen LogP contribution in [0.15, 0.2) is 24.4 Å². The Morgan fingerprint density at radius 1 is 1.32 bits per heavy atom. The monoisotopic (exact) mass is 412 g/mol. The maximum Gasteiger partial charge on any atom is 0.253 e. The van der Waals surface area contributed by atoms with Gasteiger partial charge in [0.2, 0.25) is 0 Å². The van der Waals surface area contributed by atoms with E-state index >= 15 is 0 Å². The summed E-state index contributed by atoms with van der Waals surface area (Å²) in [5.74, 6) is -1.08. The lowest BCUT2D eigenvalue weighted by Crippen LogP contribution is -2.47. The van der Waals surface area contributed by atoms with Crippen molar-refractivity contribution in [1.82, 2.24) is 14.1 Å². The highest BCUT2D eigenvalue weighted by Gasteiger charge is 2.37. The fourth-order valence-corrected chi connectivity index (χ4v) is 4.61. The first kappa shape index (κ1) is 19.4. The Morgan fingerprint density at radius 2 is 2.11 bits per heavy atom. The lowest BCUT2D eigenvalue weighted by Gasteiger charge is -2.38. The van der Waals surface area contributed by atoms with E-state index in [2.05, 4.69) is 10.00 Å². The van der Waals surface area contributed by atoms with E-state index in [1.807, 2.05) is 0 Å². The van der Waals surface area contributed by atoms with Crippen molar-refractivity contribution in [3.63, 3.8) is 0 Å². The largest absolute Gasteiger partial charge is 0.370 e. The first-order chi connectivity index (χ1) is 13.3. The molecule has 0 unspecified atom stereocenters. The number of hydrogen-bond acceptors (Lipinski definition) is 6. The number of ether oxygens (including phenoxy) is 1. The lowest BCUT2D eigenvalue weighted by atomic mass is 9.93. The molecule has 2 aromatic rings. The smallest absolute Gasteiger partial charge is 0.253 e. The van der Waals surface area contributed by atoms with Crippen molar-refractivity contribution < 1.29 is 21.9 Å². The van der Waals surface area contributed by atoms with Crippen molar-refractivity contribution in [2.45, 2.75) is 44.6 Å². The Bertz CT molecular complexity index is 971. The third-order valence-corrected chi connectivity index (χ3v) is 6.90. The number of aromatic nitrogens is 2. The zero-order valence-electron chi connectivity index (χ0n) is 15.4. The zero-order valence-corrected chi connectivity index (χ0v) is 16.2. The molecule has 28 heavy (non-hydrogen) atoms. The van der Waals surface area contributed by atoms with Gasteiger partial charge in [-0.15, -0.1) is 0 Å². The Balaban J connectivity index is 1.44. The number of fused-ring (bicyclic) bond motifs is 1. The molecule has 0 amide bonds. The van der Waals surface area contributed by atoms with Crippen LogP contribution in [0.1, 0.15) is 36.3 Å². The summed E-state index contributed by atoms with van der Waals surface area (Å²) in [5.41, 5.74) is 7.95. The number of benzene rings is 1. The summed E-state index contributed by atoms with van der Waals surface area (Å²) in [6, 6.07) is 2.78. The number of rotatable bonds is 4. The minimum atomic E-state index is -3.40. The summed E-state index contributed by atoms with van der Waals surface area (Å²) in [7, 11) is -3.40. The molecule has 1 saturated heterocycles. The molecule has 0 radical (unpaired) electrons. The van der Waals surface area contributed by atoms with Crippen LogP contribution in [-0.4, -0.2) is 46.9 Å². The zero-order chi connectivity index (χ0) is 20.1. The van der Waals surface area contributed by atoms with Crippen LogP contribution in [0.5, 0.6) is 0 Å². The summed E-state index contributed by atoms with van der Waals surface area (Å²) in [5, 5.41) is 4.20. The summed E-state index contributed by atoms with van der Waals surface area (Å²) in [4.78, 5) is 2.12. The maximum atomic E-state index is 14.1. The third-order valence-electron chi connectivity index (χ3n) is 5.41. The van der Waals surface area contributed by atoms with E-state index in [1.165, 1.54) is 0 Å². The molecule has 1 fully saturated rings. The van der Waals surface area contributed by atoms with Crippen LogP contribution in [0, 0.1) is 11.6 Å². The third kappa shape index (κ3) is 3.45. The van der Waals surface area contributed by atoms with E-state index < -0.39 is 33.8 Å². The second-order valence-corrected chi connectivity index (χ2v) is 9.37. The molecule has 2 N–H and O–H groups in total. The highest BCUT2D eigenvalue weighted by atomic mass is 32.2. The Hall–Kier alpha value is -1.88. The molecule has 0 aliphatic carbocycles. The minimum absolute atomic E-state index is 0.00620.